The van der Waals surface area contributed by atoms with Crippen molar-refractivity contribution in [3.63, 3.8) is 0 Å². The van der Waals surface area contributed by atoms with Crippen LogP contribution in [0.4, 0.5) is 0 Å². The number of hydrogen-bond acceptors (Lipinski definition) is 3. The summed E-state index contributed by atoms with van der Waals surface area (Å²) in [6, 6.07) is 0. The molecule has 100 valence electrons. The highest BCUT2D eigenvalue weighted by atomic mass is 32.1. The Morgan fingerprint density at radius 3 is 2.50 bits per heavy atom. The number of thiophene rings is 1. The van der Waals surface area contributed by atoms with Gasteiger partial charge in [-0.2, -0.15) is 11.3 Å². The van der Waals surface area contributed by atoms with Gasteiger partial charge in [0.05, 0.1) is 12.0 Å². The average Bonchev–Trinajstić information content (AvgIpc) is 2.69. The van der Waals surface area contributed by atoms with Gasteiger partial charge in [-0.05, 0) is 23.8 Å². The van der Waals surface area contributed by atoms with Crippen molar-refractivity contribution >= 4 is 23.2 Å². The topological polar surface area (TPSA) is 57.6 Å². The van der Waals surface area contributed by atoms with Gasteiger partial charge in [0.25, 0.3) is 5.91 Å². The second kappa shape index (κ2) is 6.54. The molecule has 0 saturated carbocycles. The molecule has 1 aromatic heterocycles. The van der Waals surface area contributed by atoms with Gasteiger partial charge >= 0.3 is 5.97 Å². The number of aliphatic carboxylic acids is 1. The molecule has 18 heavy (non-hydrogen) atoms. The number of rotatable bonds is 6. The predicted octanol–water partition coefficient (Wildman–Crippen LogP) is 2.63. The quantitative estimate of drug-likeness (QED) is 0.863. The summed E-state index contributed by atoms with van der Waals surface area (Å²) in [6.07, 6.45) is -0.0123. The van der Waals surface area contributed by atoms with E-state index in [2.05, 4.69) is 0 Å². The van der Waals surface area contributed by atoms with Crippen molar-refractivity contribution in [2.24, 2.45) is 5.92 Å². The molecule has 0 spiro atoms. The van der Waals surface area contributed by atoms with E-state index in [9.17, 15) is 9.59 Å². The summed E-state index contributed by atoms with van der Waals surface area (Å²) < 4.78 is 0. The molecule has 0 aliphatic heterocycles. The molecule has 1 amide bonds. The molecule has 4 nitrogen and oxygen atoms in total. The van der Waals surface area contributed by atoms with Gasteiger partial charge < -0.3 is 10.0 Å². The van der Waals surface area contributed by atoms with Gasteiger partial charge in [-0.3, -0.25) is 9.59 Å². The Morgan fingerprint density at radius 2 is 2.06 bits per heavy atom. The number of carbonyl (C=O) groups excluding carboxylic acids is 1. The molecule has 1 N–H and O–H groups in total. The number of hydrogen-bond donors (Lipinski definition) is 1. The first-order valence-electron chi connectivity index (χ1n) is 5.95. The molecule has 0 saturated heterocycles. The average molecular weight is 269 g/mol. The van der Waals surface area contributed by atoms with Crippen LogP contribution in [0.15, 0.2) is 10.8 Å². The van der Waals surface area contributed by atoms with Crippen molar-refractivity contribution in [2.45, 2.75) is 27.2 Å². The zero-order valence-corrected chi connectivity index (χ0v) is 11.8. The molecule has 1 heterocycles. The molecule has 5 heteroatoms. The van der Waals surface area contributed by atoms with E-state index < -0.39 is 5.97 Å². The predicted molar refractivity (Wildman–Crippen MR) is 72.1 cm³/mol. The van der Waals surface area contributed by atoms with Crippen LogP contribution in [0.3, 0.4) is 0 Å². The summed E-state index contributed by atoms with van der Waals surface area (Å²) in [4.78, 5) is 24.6. The van der Waals surface area contributed by atoms with Crippen molar-refractivity contribution in [1.82, 2.24) is 4.90 Å². The van der Waals surface area contributed by atoms with Crippen LogP contribution in [0.5, 0.6) is 0 Å². The molecule has 0 fully saturated rings. The van der Waals surface area contributed by atoms with E-state index in [1.807, 2.05) is 31.5 Å². The fraction of sp³-hybridized carbons (Fsp3) is 0.538. The molecule has 0 unspecified atom stereocenters. The maximum absolute atomic E-state index is 12.3. The lowest BCUT2D eigenvalue weighted by atomic mass is 10.1. The van der Waals surface area contributed by atoms with Crippen LogP contribution in [0, 0.1) is 12.8 Å². The molecule has 0 atom stereocenters. The Balaban J connectivity index is 2.78. The monoisotopic (exact) mass is 269 g/mol. The number of carbonyl (C=O) groups is 2. The summed E-state index contributed by atoms with van der Waals surface area (Å²) in [5.74, 6) is -0.621. The lowest BCUT2D eigenvalue weighted by molar-refractivity contribution is -0.137. The molecule has 0 aliphatic rings. The van der Waals surface area contributed by atoms with Crippen LogP contribution in [-0.4, -0.2) is 35.0 Å². The van der Waals surface area contributed by atoms with Crippen LogP contribution in [0.1, 0.15) is 36.2 Å². The Bertz CT molecular complexity index is 426. The van der Waals surface area contributed by atoms with Crippen LogP contribution in [0.25, 0.3) is 0 Å². The Hall–Kier alpha value is -1.36. The minimum absolute atomic E-state index is 0.0123. The van der Waals surface area contributed by atoms with Gasteiger partial charge in [-0.1, -0.05) is 13.8 Å². The van der Waals surface area contributed by atoms with E-state index in [0.717, 1.165) is 5.56 Å². The Labute approximate surface area is 111 Å². The number of aryl methyl sites for hydroxylation is 1. The van der Waals surface area contributed by atoms with E-state index in [-0.39, 0.29) is 18.9 Å². The summed E-state index contributed by atoms with van der Waals surface area (Å²) >= 11 is 1.49. The zero-order valence-electron chi connectivity index (χ0n) is 11.0. The highest BCUT2D eigenvalue weighted by Crippen LogP contribution is 2.17. The minimum atomic E-state index is -0.876. The van der Waals surface area contributed by atoms with Gasteiger partial charge in [0, 0.05) is 18.5 Å². The second-order valence-corrected chi connectivity index (χ2v) is 5.50. The van der Waals surface area contributed by atoms with E-state index in [4.69, 9.17) is 5.11 Å². The first-order valence-corrected chi connectivity index (χ1v) is 6.90. The van der Waals surface area contributed by atoms with Crippen molar-refractivity contribution in [3.8, 4) is 0 Å². The second-order valence-electron chi connectivity index (χ2n) is 4.76. The third-order valence-corrected chi connectivity index (χ3v) is 3.42. The number of carboxylic acid groups (broad SMARTS) is 1. The number of nitrogens with zero attached hydrogens (tertiary/aromatic N) is 1. The van der Waals surface area contributed by atoms with Crippen molar-refractivity contribution in [2.75, 3.05) is 13.1 Å². The molecular weight excluding hydrogens is 250 g/mol. The normalized spacial score (nSPS) is 10.7. The van der Waals surface area contributed by atoms with Crippen molar-refractivity contribution in [1.29, 1.82) is 0 Å². The van der Waals surface area contributed by atoms with Crippen LogP contribution in [0.2, 0.25) is 0 Å². The standard InChI is InChI=1S/C13H19NO3S/c1-9(2)6-14(5-4-12(15)16)13(17)11-8-18-7-10(11)3/h7-9H,4-6H2,1-3H3,(H,15,16). The van der Waals surface area contributed by atoms with Crippen LogP contribution in [-0.2, 0) is 4.79 Å². The first-order chi connectivity index (χ1) is 8.41. The van der Waals surface area contributed by atoms with Gasteiger partial charge in [-0.15, -0.1) is 0 Å². The molecule has 0 aliphatic carbocycles. The molecule has 0 radical (unpaired) electrons. The first kappa shape index (κ1) is 14.7. The van der Waals surface area contributed by atoms with Gasteiger partial charge in [0.2, 0.25) is 0 Å². The fourth-order valence-electron chi connectivity index (χ4n) is 1.70. The molecular formula is C13H19NO3S. The third-order valence-electron chi connectivity index (χ3n) is 2.55. The highest BCUT2D eigenvalue weighted by molar-refractivity contribution is 7.08. The van der Waals surface area contributed by atoms with Crippen molar-refractivity contribution in [3.05, 3.63) is 21.9 Å². The summed E-state index contributed by atoms with van der Waals surface area (Å²) in [7, 11) is 0. The minimum Gasteiger partial charge on any atom is -0.481 e. The fourth-order valence-corrected chi connectivity index (χ4v) is 2.52. The van der Waals surface area contributed by atoms with Crippen LogP contribution >= 0.6 is 11.3 Å². The summed E-state index contributed by atoms with van der Waals surface area (Å²) in [5, 5.41) is 12.5. The van der Waals surface area contributed by atoms with Gasteiger partial charge in [0.15, 0.2) is 0 Å². The third kappa shape index (κ3) is 4.14. The molecule has 1 aromatic rings. The molecule has 0 bridgehead atoms. The summed E-state index contributed by atoms with van der Waals surface area (Å²) in [5.41, 5.74) is 1.64. The maximum atomic E-state index is 12.3. The van der Waals surface area contributed by atoms with E-state index >= 15 is 0 Å². The highest BCUT2D eigenvalue weighted by Gasteiger charge is 2.19. The largest absolute Gasteiger partial charge is 0.481 e. The molecule has 1 rings (SSSR count). The lowest BCUT2D eigenvalue weighted by Gasteiger charge is -2.24. The van der Waals surface area contributed by atoms with E-state index in [1.54, 1.807) is 4.90 Å². The Morgan fingerprint density at radius 1 is 1.39 bits per heavy atom. The van der Waals surface area contributed by atoms with E-state index in [0.29, 0.717) is 18.0 Å². The van der Waals surface area contributed by atoms with E-state index in [1.165, 1.54) is 11.3 Å². The van der Waals surface area contributed by atoms with Crippen molar-refractivity contribution < 1.29 is 14.7 Å². The van der Waals surface area contributed by atoms with Crippen LogP contribution < -0.4 is 0 Å². The lowest BCUT2D eigenvalue weighted by Crippen LogP contribution is -2.36. The number of amides is 1. The summed E-state index contributed by atoms with van der Waals surface area (Å²) in [6.45, 7) is 6.78. The maximum Gasteiger partial charge on any atom is 0.305 e. The van der Waals surface area contributed by atoms with Gasteiger partial charge in [0.1, 0.15) is 0 Å². The zero-order chi connectivity index (χ0) is 13.7. The Kier molecular flexibility index (Phi) is 5.34. The SMILES string of the molecule is Cc1cscc1C(=O)N(CCC(=O)O)CC(C)C. The smallest absolute Gasteiger partial charge is 0.305 e. The number of carboxylic acids is 1. The molecule has 0 aromatic carbocycles. The van der Waals surface area contributed by atoms with Gasteiger partial charge in [-0.25, -0.2) is 0 Å².